The van der Waals surface area contributed by atoms with Gasteiger partial charge >= 0.3 is 0 Å². The maximum Gasteiger partial charge on any atom is 0.224 e. The van der Waals surface area contributed by atoms with Crippen molar-refractivity contribution < 1.29 is 14.3 Å². The van der Waals surface area contributed by atoms with Gasteiger partial charge in [-0.15, -0.1) is 0 Å². The van der Waals surface area contributed by atoms with Crippen LogP contribution in [0.1, 0.15) is 59.3 Å². The fourth-order valence-electron chi connectivity index (χ4n) is 3.94. The maximum absolute atomic E-state index is 12.4. The summed E-state index contributed by atoms with van der Waals surface area (Å²) in [4.78, 5) is 28.7. The Kier molecular flexibility index (Phi) is 7.08. The first-order valence-corrected chi connectivity index (χ1v) is 9.59. The summed E-state index contributed by atoms with van der Waals surface area (Å²) in [7, 11) is 0. The summed E-state index contributed by atoms with van der Waals surface area (Å²) in [6, 6.07) is 0. The fourth-order valence-corrected chi connectivity index (χ4v) is 3.94. The minimum absolute atomic E-state index is 0.115. The lowest BCUT2D eigenvalue weighted by Gasteiger charge is -2.48. The van der Waals surface area contributed by atoms with Gasteiger partial charge in [0.25, 0.3) is 0 Å². The van der Waals surface area contributed by atoms with Gasteiger partial charge in [-0.25, -0.2) is 0 Å². The summed E-state index contributed by atoms with van der Waals surface area (Å²) in [6.45, 7) is 10.9. The molecule has 0 saturated carbocycles. The number of likely N-dealkylation sites (tertiary alicyclic amines) is 2. The van der Waals surface area contributed by atoms with Gasteiger partial charge in [0, 0.05) is 44.6 Å². The van der Waals surface area contributed by atoms with Crippen LogP contribution in [0, 0.1) is 11.3 Å². The summed E-state index contributed by atoms with van der Waals surface area (Å²) in [5, 5.41) is 0. The molecule has 0 aromatic carbocycles. The van der Waals surface area contributed by atoms with E-state index in [0.717, 1.165) is 51.9 Å². The number of piperidine rings is 2. The molecule has 2 rings (SSSR count). The highest BCUT2D eigenvalue weighted by Crippen LogP contribution is 2.39. The molecule has 0 aliphatic carbocycles. The summed E-state index contributed by atoms with van der Waals surface area (Å²) < 4.78 is 5.32. The molecular weight excluding hydrogens is 304 g/mol. The van der Waals surface area contributed by atoms with Crippen molar-refractivity contribution in [2.24, 2.45) is 11.3 Å². The van der Waals surface area contributed by atoms with Crippen molar-refractivity contribution in [2.75, 3.05) is 39.4 Å². The molecule has 138 valence electrons. The third kappa shape index (κ3) is 5.20. The molecule has 0 aromatic heterocycles. The minimum Gasteiger partial charge on any atom is -0.381 e. The number of amides is 2. The van der Waals surface area contributed by atoms with E-state index in [1.165, 1.54) is 0 Å². The Morgan fingerprint density at radius 3 is 2.79 bits per heavy atom. The van der Waals surface area contributed by atoms with Crippen LogP contribution in [0.5, 0.6) is 0 Å². The molecule has 1 spiro atoms. The molecule has 24 heavy (non-hydrogen) atoms. The highest BCUT2D eigenvalue weighted by molar-refractivity contribution is 5.78. The van der Waals surface area contributed by atoms with Crippen LogP contribution in [0.4, 0.5) is 0 Å². The molecular formula is C19H34N2O3. The van der Waals surface area contributed by atoms with Crippen molar-refractivity contribution >= 4 is 11.8 Å². The zero-order chi connectivity index (χ0) is 17.6. The van der Waals surface area contributed by atoms with E-state index < -0.39 is 0 Å². The summed E-state index contributed by atoms with van der Waals surface area (Å²) >= 11 is 0. The van der Waals surface area contributed by atoms with Crippen molar-refractivity contribution in [3.05, 3.63) is 0 Å². The van der Waals surface area contributed by atoms with Gasteiger partial charge < -0.3 is 14.5 Å². The van der Waals surface area contributed by atoms with Gasteiger partial charge in [-0.2, -0.15) is 0 Å². The number of nitrogens with zero attached hydrogens (tertiary/aromatic N) is 2. The van der Waals surface area contributed by atoms with Gasteiger partial charge in [-0.05, 0) is 38.5 Å². The highest BCUT2D eigenvalue weighted by Gasteiger charge is 2.42. The van der Waals surface area contributed by atoms with E-state index in [2.05, 4.69) is 18.7 Å². The number of ether oxygens (including phenoxy) is 1. The standard InChI is InChI=1S/C19H34N2O3/c1-4-24-13-8-18(23)20-11-5-9-19(14-20)10-6-17(22)21(15-19)12-7-16(2)3/h16H,4-15H2,1-3H3/t19-/m0/s1. The fraction of sp³-hybridized carbons (Fsp3) is 0.895. The molecule has 0 N–H and O–H groups in total. The Balaban J connectivity index is 1.93. The van der Waals surface area contributed by atoms with Gasteiger partial charge in [0.1, 0.15) is 0 Å². The van der Waals surface area contributed by atoms with E-state index in [-0.39, 0.29) is 11.3 Å². The first-order valence-electron chi connectivity index (χ1n) is 9.59. The lowest BCUT2D eigenvalue weighted by atomic mass is 9.73. The molecule has 5 heteroatoms. The summed E-state index contributed by atoms with van der Waals surface area (Å²) in [6.07, 6.45) is 5.28. The van der Waals surface area contributed by atoms with Crippen LogP contribution in [0.3, 0.4) is 0 Å². The van der Waals surface area contributed by atoms with Crippen molar-refractivity contribution in [1.82, 2.24) is 9.80 Å². The SMILES string of the molecule is CCOCCC(=O)N1CCC[C@]2(CCC(=O)N(CCC(C)C)C2)C1. The number of rotatable bonds is 7. The van der Waals surface area contributed by atoms with Gasteiger partial charge in [0.2, 0.25) is 11.8 Å². The Morgan fingerprint density at radius 1 is 1.29 bits per heavy atom. The molecule has 0 aromatic rings. The zero-order valence-electron chi connectivity index (χ0n) is 15.7. The third-order valence-corrected chi connectivity index (χ3v) is 5.40. The van der Waals surface area contributed by atoms with Crippen LogP contribution in [0.2, 0.25) is 0 Å². The van der Waals surface area contributed by atoms with E-state index in [4.69, 9.17) is 4.74 Å². The number of hydrogen-bond donors (Lipinski definition) is 0. The van der Waals surface area contributed by atoms with Crippen LogP contribution in [-0.4, -0.2) is 61.0 Å². The van der Waals surface area contributed by atoms with Crippen molar-refractivity contribution in [2.45, 2.75) is 59.3 Å². The molecule has 1 atom stereocenters. The largest absolute Gasteiger partial charge is 0.381 e. The molecule has 2 heterocycles. The average molecular weight is 338 g/mol. The second-order valence-corrected chi connectivity index (χ2v) is 7.86. The number of hydrogen-bond acceptors (Lipinski definition) is 3. The van der Waals surface area contributed by atoms with E-state index in [0.29, 0.717) is 37.9 Å². The van der Waals surface area contributed by atoms with Gasteiger partial charge in [0.15, 0.2) is 0 Å². The molecule has 2 fully saturated rings. The van der Waals surface area contributed by atoms with Crippen LogP contribution in [-0.2, 0) is 14.3 Å². The second-order valence-electron chi connectivity index (χ2n) is 7.86. The maximum atomic E-state index is 12.4. The van der Waals surface area contributed by atoms with Gasteiger partial charge in [-0.3, -0.25) is 9.59 Å². The Labute approximate surface area is 146 Å². The second kappa shape index (κ2) is 8.84. The Bertz CT molecular complexity index is 438. The molecule has 2 saturated heterocycles. The smallest absolute Gasteiger partial charge is 0.224 e. The zero-order valence-corrected chi connectivity index (χ0v) is 15.7. The molecule has 2 aliphatic rings. The van der Waals surface area contributed by atoms with Gasteiger partial charge in [-0.1, -0.05) is 13.8 Å². The average Bonchev–Trinajstić information content (AvgIpc) is 2.56. The summed E-state index contributed by atoms with van der Waals surface area (Å²) in [5.41, 5.74) is 0.115. The highest BCUT2D eigenvalue weighted by atomic mass is 16.5. The molecule has 0 unspecified atom stereocenters. The van der Waals surface area contributed by atoms with E-state index >= 15 is 0 Å². The minimum atomic E-state index is 0.115. The first-order chi connectivity index (χ1) is 11.5. The van der Waals surface area contributed by atoms with E-state index in [1.807, 2.05) is 11.8 Å². The third-order valence-electron chi connectivity index (χ3n) is 5.40. The van der Waals surface area contributed by atoms with E-state index in [1.54, 1.807) is 0 Å². The topological polar surface area (TPSA) is 49.9 Å². The normalized spacial score (nSPS) is 24.9. The quantitative estimate of drug-likeness (QED) is 0.671. The monoisotopic (exact) mass is 338 g/mol. The van der Waals surface area contributed by atoms with Crippen LogP contribution in [0.15, 0.2) is 0 Å². The predicted molar refractivity (Wildman–Crippen MR) is 94.6 cm³/mol. The van der Waals surface area contributed by atoms with Crippen LogP contribution >= 0.6 is 0 Å². The number of carbonyl (C=O) groups is 2. The number of carbonyl (C=O) groups excluding carboxylic acids is 2. The molecule has 2 amide bonds. The van der Waals surface area contributed by atoms with Crippen LogP contribution < -0.4 is 0 Å². The molecule has 2 aliphatic heterocycles. The predicted octanol–water partition coefficient (Wildman–Crippen LogP) is 2.69. The van der Waals surface area contributed by atoms with Crippen molar-refractivity contribution in [3.8, 4) is 0 Å². The lowest BCUT2D eigenvalue weighted by Crippen LogP contribution is -2.55. The molecule has 5 nitrogen and oxygen atoms in total. The van der Waals surface area contributed by atoms with Crippen molar-refractivity contribution in [3.63, 3.8) is 0 Å². The molecule has 0 radical (unpaired) electrons. The first kappa shape index (κ1) is 19.2. The lowest BCUT2D eigenvalue weighted by molar-refractivity contribution is -0.143. The summed E-state index contributed by atoms with van der Waals surface area (Å²) in [5.74, 6) is 1.10. The molecule has 0 bridgehead atoms. The Hall–Kier alpha value is -1.10. The van der Waals surface area contributed by atoms with Gasteiger partial charge in [0.05, 0.1) is 13.0 Å². The Morgan fingerprint density at radius 2 is 2.08 bits per heavy atom. The van der Waals surface area contributed by atoms with Crippen LogP contribution in [0.25, 0.3) is 0 Å². The van der Waals surface area contributed by atoms with Crippen molar-refractivity contribution in [1.29, 1.82) is 0 Å². The van der Waals surface area contributed by atoms with E-state index in [9.17, 15) is 9.59 Å².